The van der Waals surface area contributed by atoms with Crippen molar-refractivity contribution in [3.05, 3.63) is 313 Å². The van der Waals surface area contributed by atoms with E-state index in [1.807, 2.05) is 0 Å². The maximum atomic E-state index is 15.6. The summed E-state index contributed by atoms with van der Waals surface area (Å²) in [5.74, 6) is -0.698. The Morgan fingerprint density at radius 1 is 0.289 bits per heavy atom. The monoisotopic (exact) mass is 963 g/mol. The number of rotatable bonds is 1. The minimum absolute atomic E-state index is 0.0971. The lowest BCUT2D eigenvalue weighted by molar-refractivity contribution is 0.0966. The van der Waals surface area contributed by atoms with Crippen molar-refractivity contribution < 1.29 is 9.59 Å². The topological polar surface area (TPSA) is 38.5 Å². The predicted octanol–water partition coefficient (Wildman–Crippen LogP) is 16.5. The number of benzene rings is 11. The van der Waals surface area contributed by atoms with Gasteiger partial charge in [-0.1, -0.05) is 188 Å². The molecule has 11 aromatic carbocycles. The van der Waals surface area contributed by atoms with Gasteiger partial charge in [0.05, 0.1) is 33.8 Å². The van der Waals surface area contributed by atoms with Crippen molar-refractivity contribution in [1.82, 2.24) is 4.40 Å². The minimum atomic E-state index is -0.482. The molecule has 0 amide bonds. The molecule has 350 valence electrons. The molecule has 8 aliphatic rings. The maximum Gasteiger partial charge on any atom is 0.175 e. The van der Waals surface area contributed by atoms with Crippen LogP contribution in [-0.2, 0) is 5.41 Å². The molecule has 4 bridgehead atoms. The molecule has 2 aromatic heterocycles. The van der Waals surface area contributed by atoms with E-state index in [0.29, 0.717) is 0 Å². The molecule has 13 aromatic rings. The Hall–Kier alpha value is -9.44. The Labute approximate surface area is 437 Å². The van der Waals surface area contributed by atoms with E-state index in [2.05, 4.69) is 229 Å². The summed E-state index contributed by atoms with van der Waals surface area (Å²) in [5.41, 5.74) is 28.2. The summed E-state index contributed by atoms with van der Waals surface area (Å²) in [5, 5.41) is 4.51. The van der Waals surface area contributed by atoms with E-state index >= 15 is 9.59 Å². The van der Waals surface area contributed by atoms with Crippen LogP contribution in [0.1, 0.15) is 122 Å². The standard InChI is InChI=1S/C73H41NO2/c75-71-57-36-63-51(34-53(57)65-42-18-1-5-22-46(42)68(71)47-23-6-2-19-43(47)65)55-32-38(39-27-15-31-62-67(39)50-26-11-14-30-61(50)73(62)59-28-12-9-16-40(59)41-17-10-13-29-60(41)73)33-56-52-35-54-58(37-64(52)74(63)70(55)56)72(76)69-48-24-7-3-20-44(48)66(54)45-21-4-8-25-49(45)69/h1-37,65-66,68-69H. The quantitative estimate of drug-likeness (QED) is 0.164. The Bertz CT molecular complexity index is 4560. The van der Waals surface area contributed by atoms with E-state index in [9.17, 15) is 0 Å². The first kappa shape index (κ1) is 40.0. The van der Waals surface area contributed by atoms with Gasteiger partial charge in [0.2, 0.25) is 0 Å². The van der Waals surface area contributed by atoms with Gasteiger partial charge in [0.1, 0.15) is 0 Å². The summed E-state index contributed by atoms with van der Waals surface area (Å²) in [4.78, 5) is 31.1. The van der Waals surface area contributed by atoms with Crippen LogP contribution in [0.4, 0.5) is 0 Å². The molecular formula is C73H41NO2. The van der Waals surface area contributed by atoms with E-state index < -0.39 is 17.3 Å². The average Bonchev–Trinajstić information content (AvgIpc) is 4.12. The number of fused-ring (bicyclic) bond motifs is 16. The van der Waals surface area contributed by atoms with Gasteiger partial charge < -0.3 is 4.40 Å². The number of carbonyl (C=O) groups excluding carboxylic acids is 2. The van der Waals surface area contributed by atoms with E-state index in [1.165, 1.54) is 72.3 Å². The second-order valence-corrected chi connectivity index (χ2v) is 22.3. The van der Waals surface area contributed by atoms with Crippen molar-refractivity contribution in [2.24, 2.45) is 0 Å². The fourth-order valence-corrected chi connectivity index (χ4v) is 16.5. The molecule has 1 spiro atoms. The zero-order valence-corrected chi connectivity index (χ0v) is 40.9. The fourth-order valence-electron chi connectivity index (χ4n) is 16.5. The number of aromatic nitrogens is 1. The maximum absolute atomic E-state index is 15.6. The third kappa shape index (κ3) is 4.47. The number of hydrogen-bond donors (Lipinski definition) is 0. The van der Waals surface area contributed by atoms with Crippen LogP contribution < -0.4 is 0 Å². The Balaban J connectivity index is 0.946. The van der Waals surface area contributed by atoms with Gasteiger partial charge >= 0.3 is 0 Å². The van der Waals surface area contributed by atoms with E-state index in [0.717, 1.165) is 88.2 Å². The Morgan fingerprint density at radius 3 is 1.09 bits per heavy atom. The number of Topliss-reactive ketones (excluding diaryl/α,β-unsaturated/α-hetero) is 2. The first-order chi connectivity index (χ1) is 37.6. The molecule has 0 N–H and O–H groups in total. The van der Waals surface area contributed by atoms with Crippen LogP contribution in [0.3, 0.4) is 0 Å². The highest BCUT2D eigenvalue weighted by Gasteiger charge is 2.52. The smallest absolute Gasteiger partial charge is 0.175 e. The van der Waals surface area contributed by atoms with E-state index in [4.69, 9.17) is 0 Å². The summed E-state index contributed by atoms with van der Waals surface area (Å²) in [6.45, 7) is 0. The first-order valence-electron chi connectivity index (χ1n) is 26.8. The number of hydrogen-bond acceptors (Lipinski definition) is 2. The van der Waals surface area contributed by atoms with Gasteiger partial charge in [0.15, 0.2) is 11.6 Å². The van der Waals surface area contributed by atoms with Gasteiger partial charge in [-0.2, -0.15) is 0 Å². The molecule has 0 saturated carbocycles. The van der Waals surface area contributed by atoms with E-state index in [1.54, 1.807) is 0 Å². The molecule has 21 rings (SSSR count). The van der Waals surface area contributed by atoms with Crippen LogP contribution in [0, 0.1) is 0 Å². The molecule has 8 aliphatic carbocycles. The zero-order valence-electron chi connectivity index (χ0n) is 40.9. The van der Waals surface area contributed by atoms with Crippen molar-refractivity contribution >= 4 is 49.7 Å². The van der Waals surface area contributed by atoms with Crippen LogP contribution in [0.15, 0.2) is 224 Å². The third-order valence-corrected chi connectivity index (χ3v) is 19.2. The van der Waals surface area contributed by atoms with Crippen molar-refractivity contribution in [3.63, 3.8) is 0 Å². The first-order valence-corrected chi connectivity index (χ1v) is 26.8. The molecule has 0 unspecified atom stereocenters. The molecule has 3 nitrogen and oxygen atoms in total. The second-order valence-electron chi connectivity index (χ2n) is 22.3. The van der Waals surface area contributed by atoms with Crippen LogP contribution in [0.2, 0.25) is 0 Å². The van der Waals surface area contributed by atoms with Gasteiger partial charge in [-0.15, -0.1) is 0 Å². The van der Waals surface area contributed by atoms with Crippen molar-refractivity contribution in [2.75, 3.05) is 0 Å². The number of nitrogens with zero attached hydrogens (tertiary/aromatic N) is 1. The SMILES string of the molecule is O=C1c2cc3c(cc2C2c4ccccc4C1c1ccccc12)c1cc(-c2cccc4c2-c2ccccc2C42c4ccccc4-c4ccccc42)cc2c4cc5c(cc4n3c12)C(=O)C1c2ccccc2C5c2ccccc21. The second kappa shape index (κ2) is 13.6. The lowest BCUT2D eigenvalue weighted by atomic mass is 9.70. The lowest BCUT2D eigenvalue weighted by Gasteiger charge is -2.30. The van der Waals surface area contributed by atoms with Gasteiger partial charge in [-0.25, -0.2) is 0 Å². The molecule has 0 fully saturated rings. The minimum Gasteiger partial charge on any atom is -0.308 e. The Morgan fingerprint density at radius 2 is 0.645 bits per heavy atom. The summed E-state index contributed by atoms with van der Waals surface area (Å²) < 4.78 is 2.41. The molecule has 3 heteroatoms. The molecule has 76 heavy (non-hydrogen) atoms. The normalized spacial score (nSPS) is 18.9. The molecule has 0 aliphatic heterocycles. The van der Waals surface area contributed by atoms with Crippen molar-refractivity contribution in [1.29, 1.82) is 0 Å². The number of ketones is 2. The summed E-state index contributed by atoms with van der Waals surface area (Å²) in [7, 11) is 0. The highest BCUT2D eigenvalue weighted by Crippen LogP contribution is 2.65. The molecule has 0 atom stereocenters. The molecule has 0 radical (unpaired) electrons. The predicted molar refractivity (Wildman–Crippen MR) is 303 cm³/mol. The van der Waals surface area contributed by atoms with Crippen molar-refractivity contribution in [2.45, 2.75) is 29.1 Å². The summed E-state index contributed by atoms with van der Waals surface area (Å²) in [6.07, 6.45) is 0. The third-order valence-electron chi connectivity index (χ3n) is 19.2. The molecular weight excluding hydrogens is 923 g/mol. The van der Waals surface area contributed by atoms with E-state index in [-0.39, 0.29) is 23.4 Å². The molecule has 0 saturated heterocycles. The largest absolute Gasteiger partial charge is 0.308 e. The molecule has 2 heterocycles. The van der Waals surface area contributed by atoms with Crippen LogP contribution in [0.25, 0.3) is 71.5 Å². The average molecular weight is 964 g/mol. The number of carbonyl (C=O) groups is 2. The Kier molecular flexibility index (Phi) is 7.18. The van der Waals surface area contributed by atoms with Crippen LogP contribution in [0.5, 0.6) is 0 Å². The summed E-state index contributed by atoms with van der Waals surface area (Å²) in [6, 6.07) is 82.7. The van der Waals surface area contributed by atoms with Crippen molar-refractivity contribution in [3.8, 4) is 33.4 Å². The van der Waals surface area contributed by atoms with Gasteiger partial charge in [-0.3, -0.25) is 9.59 Å². The van der Waals surface area contributed by atoms with Gasteiger partial charge in [0.25, 0.3) is 0 Å². The van der Waals surface area contributed by atoms with Crippen LogP contribution in [-0.4, -0.2) is 16.0 Å². The zero-order chi connectivity index (χ0) is 49.4. The van der Waals surface area contributed by atoms with Gasteiger partial charge in [0, 0.05) is 44.5 Å². The highest BCUT2D eigenvalue weighted by molar-refractivity contribution is 6.27. The van der Waals surface area contributed by atoms with Crippen LogP contribution >= 0.6 is 0 Å². The lowest BCUT2D eigenvalue weighted by Crippen LogP contribution is -2.25. The summed E-state index contributed by atoms with van der Waals surface area (Å²) >= 11 is 0. The fraction of sp³-hybridized carbons (Fsp3) is 0.0685. The highest BCUT2D eigenvalue weighted by atomic mass is 16.1. The van der Waals surface area contributed by atoms with Gasteiger partial charge in [-0.05, 0) is 148 Å².